The van der Waals surface area contributed by atoms with E-state index in [2.05, 4.69) is 20.4 Å². The first kappa shape index (κ1) is 19.7. The Labute approximate surface area is 172 Å². The molecule has 0 aliphatic carbocycles. The lowest BCUT2D eigenvalue weighted by Crippen LogP contribution is -2.21. The number of hydrogen-bond acceptors (Lipinski definition) is 6. The van der Waals surface area contributed by atoms with E-state index in [1.807, 2.05) is 19.0 Å². The lowest BCUT2D eigenvalue weighted by molar-refractivity contribution is 0.425. The topological polar surface area (TPSA) is 84.9 Å². The number of likely N-dealkylation sites (N-methyl/N-ethyl adjacent to an activating group) is 1. The quantitative estimate of drug-likeness (QED) is 0.508. The number of nitrogens with one attached hydrogen (secondary N) is 1. The van der Waals surface area contributed by atoms with Crippen molar-refractivity contribution in [3.05, 3.63) is 60.2 Å². The zero-order valence-electron chi connectivity index (χ0n) is 16.6. The van der Waals surface area contributed by atoms with E-state index >= 15 is 0 Å². The lowest BCUT2D eigenvalue weighted by Gasteiger charge is -2.11. The van der Waals surface area contributed by atoms with Crippen LogP contribution in [0.15, 0.2) is 48.5 Å². The van der Waals surface area contributed by atoms with Crippen LogP contribution in [0.25, 0.3) is 28.0 Å². The molecule has 0 unspecified atom stereocenters. The Morgan fingerprint density at radius 2 is 1.60 bits per heavy atom. The monoisotopic (exact) mass is 409 g/mol. The van der Waals surface area contributed by atoms with Gasteiger partial charge in [0.1, 0.15) is 17.5 Å². The Bertz CT molecular complexity index is 1170. The fourth-order valence-electron chi connectivity index (χ4n) is 3.08. The number of nitrogens with two attached hydrogens (primary N) is 1. The van der Waals surface area contributed by atoms with E-state index in [1.54, 1.807) is 24.3 Å². The van der Waals surface area contributed by atoms with Crippen molar-refractivity contribution in [2.24, 2.45) is 0 Å². The van der Waals surface area contributed by atoms with Crippen molar-refractivity contribution in [2.45, 2.75) is 0 Å². The Morgan fingerprint density at radius 3 is 2.23 bits per heavy atom. The molecule has 2 aromatic heterocycles. The summed E-state index contributed by atoms with van der Waals surface area (Å²) in [4.78, 5) is 11.2. The Kier molecular flexibility index (Phi) is 5.28. The van der Waals surface area contributed by atoms with Crippen LogP contribution in [0.3, 0.4) is 0 Å². The molecule has 154 valence electrons. The summed E-state index contributed by atoms with van der Waals surface area (Å²) in [5.74, 6) is 0.0137. The van der Waals surface area contributed by atoms with Crippen LogP contribution in [0.5, 0.6) is 0 Å². The molecule has 9 heteroatoms. The van der Waals surface area contributed by atoms with Crippen molar-refractivity contribution in [1.82, 2.24) is 24.6 Å². The summed E-state index contributed by atoms with van der Waals surface area (Å²) in [7, 11) is 3.95. The van der Waals surface area contributed by atoms with Crippen LogP contribution in [0, 0.1) is 11.6 Å². The fourth-order valence-corrected chi connectivity index (χ4v) is 3.08. The summed E-state index contributed by atoms with van der Waals surface area (Å²) in [6.07, 6.45) is 0. The van der Waals surface area contributed by atoms with Crippen LogP contribution in [0.4, 0.5) is 20.5 Å². The number of rotatable bonds is 6. The van der Waals surface area contributed by atoms with Crippen LogP contribution in [0.2, 0.25) is 0 Å². The van der Waals surface area contributed by atoms with Gasteiger partial charge < -0.3 is 16.0 Å². The average molecular weight is 409 g/mol. The Hall–Kier alpha value is -3.59. The van der Waals surface area contributed by atoms with Crippen LogP contribution >= 0.6 is 0 Å². The van der Waals surface area contributed by atoms with Gasteiger partial charge in [-0.25, -0.2) is 18.4 Å². The molecule has 4 rings (SSSR count). The molecule has 2 heterocycles. The third-order valence-electron chi connectivity index (χ3n) is 4.60. The molecule has 0 radical (unpaired) electrons. The highest BCUT2D eigenvalue weighted by Crippen LogP contribution is 2.32. The van der Waals surface area contributed by atoms with E-state index in [0.29, 0.717) is 46.3 Å². The molecule has 0 fully saturated rings. The van der Waals surface area contributed by atoms with Gasteiger partial charge in [-0.05, 0) is 62.6 Å². The minimum Gasteiger partial charge on any atom is -0.383 e. The number of fused-ring (bicyclic) bond motifs is 1. The molecule has 0 spiro atoms. The second-order valence-electron chi connectivity index (χ2n) is 7.10. The van der Waals surface area contributed by atoms with Crippen LogP contribution in [0.1, 0.15) is 0 Å². The molecule has 0 aliphatic heterocycles. The van der Waals surface area contributed by atoms with Crippen molar-refractivity contribution in [2.75, 3.05) is 38.2 Å². The molecule has 2 aromatic carbocycles. The second-order valence-corrected chi connectivity index (χ2v) is 7.10. The molecule has 30 heavy (non-hydrogen) atoms. The summed E-state index contributed by atoms with van der Waals surface area (Å²) in [5.41, 5.74) is 8.60. The van der Waals surface area contributed by atoms with Gasteiger partial charge in [0, 0.05) is 18.7 Å². The number of benzene rings is 2. The Balaban J connectivity index is 1.86. The zero-order chi connectivity index (χ0) is 21.3. The predicted molar refractivity (Wildman–Crippen MR) is 113 cm³/mol. The van der Waals surface area contributed by atoms with Crippen LogP contribution in [-0.4, -0.2) is 51.8 Å². The summed E-state index contributed by atoms with van der Waals surface area (Å²) >= 11 is 0. The van der Waals surface area contributed by atoms with Crippen LogP contribution in [-0.2, 0) is 0 Å². The van der Waals surface area contributed by atoms with Gasteiger partial charge in [0.15, 0.2) is 5.65 Å². The summed E-state index contributed by atoms with van der Waals surface area (Å²) in [5, 5.41) is 8.25. The number of hydrogen-bond donors (Lipinski definition) is 2. The van der Waals surface area contributed by atoms with E-state index in [0.717, 1.165) is 6.54 Å². The highest BCUT2D eigenvalue weighted by atomic mass is 19.1. The zero-order valence-corrected chi connectivity index (χ0v) is 16.6. The van der Waals surface area contributed by atoms with Gasteiger partial charge in [-0.3, -0.25) is 0 Å². The van der Waals surface area contributed by atoms with Crippen molar-refractivity contribution in [1.29, 1.82) is 0 Å². The maximum absolute atomic E-state index is 13.5. The maximum Gasteiger partial charge on any atom is 0.225 e. The minimum atomic E-state index is -0.354. The molecule has 0 saturated carbocycles. The first-order valence-electron chi connectivity index (χ1n) is 9.39. The maximum atomic E-state index is 13.5. The lowest BCUT2D eigenvalue weighted by atomic mass is 10.1. The fraction of sp³-hybridized carbons (Fsp3) is 0.190. The van der Waals surface area contributed by atoms with Crippen molar-refractivity contribution < 1.29 is 8.78 Å². The van der Waals surface area contributed by atoms with Crippen molar-refractivity contribution in [3.63, 3.8) is 0 Å². The number of anilines is 2. The highest BCUT2D eigenvalue weighted by Gasteiger charge is 2.19. The molecular weight excluding hydrogens is 388 g/mol. The van der Waals surface area contributed by atoms with E-state index in [-0.39, 0.29) is 11.6 Å². The van der Waals surface area contributed by atoms with E-state index in [4.69, 9.17) is 5.73 Å². The number of aromatic nitrogens is 4. The number of nitrogen functional groups attached to an aromatic ring is 1. The number of halogens is 2. The van der Waals surface area contributed by atoms with Crippen molar-refractivity contribution >= 4 is 22.8 Å². The third-order valence-corrected chi connectivity index (χ3v) is 4.60. The molecule has 0 atom stereocenters. The first-order valence-corrected chi connectivity index (χ1v) is 9.39. The van der Waals surface area contributed by atoms with E-state index in [9.17, 15) is 8.78 Å². The average Bonchev–Trinajstić information content (AvgIpc) is 3.05. The van der Waals surface area contributed by atoms with Crippen molar-refractivity contribution in [3.8, 4) is 16.9 Å². The third kappa shape index (κ3) is 3.92. The SMILES string of the molecule is CN(C)CCNc1nc(-c2ccc(F)cc2)c2c(N)n(-c3ccc(F)cc3)nc2n1. The van der Waals surface area contributed by atoms with Gasteiger partial charge in [-0.2, -0.15) is 4.98 Å². The summed E-state index contributed by atoms with van der Waals surface area (Å²) < 4.78 is 28.3. The van der Waals surface area contributed by atoms with Gasteiger partial charge in [-0.1, -0.05) is 0 Å². The molecule has 3 N–H and O–H groups in total. The van der Waals surface area contributed by atoms with E-state index < -0.39 is 0 Å². The highest BCUT2D eigenvalue weighted by molar-refractivity contribution is 5.99. The molecule has 0 aliphatic rings. The smallest absolute Gasteiger partial charge is 0.225 e. The molecule has 0 saturated heterocycles. The summed E-state index contributed by atoms with van der Waals surface area (Å²) in [6.45, 7) is 1.43. The normalized spacial score (nSPS) is 11.4. The molecule has 0 bridgehead atoms. The molecule has 0 amide bonds. The molecule has 4 aromatic rings. The minimum absolute atomic E-state index is 0.316. The second kappa shape index (κ2) is 8.03. The Morgan fingerprint density at radius 1 is 0.967 bits per heavy atom. The number of nitrogens with zero attached hydrogens (tertiary/aromatic N) is 5. The van der Waals surface area contributed by atoms with Gasteiger partial charge in [-0.15, -0.1) is 5.10 Å². The molecule has 7 nitrogen and oxygen atoms in total. The summed E-state index contributed by atoms with van der Waals surface area (Å²) in [6, 6.07) is 11.8. The standard InChI is InChI=1S/C21H21F2N7/c1-29(2)12-11-25-21-26-18(13-3-5-14(22)6-4-13)17-19(24)30(28-20(17)27-21)16-9-7-15(23)8-10-16/h3-10H,11-12,24H2,1-2H3,(H,25,27,28). The van der Waals surface area contributed by atoms with Gasteiger partial charge in [0.05, 0.1) is 16.8 Å². The van der Waals surface area contributed by atoms with Gasteiger partial charge in [0.25, 0.3) is 0 Å². The van der Waals surface area contributed by atoms with Crippen LogP contribution < -0.4 is 11.1 Å². The van der Waals surface area contributed by atoms with E-state index in [1.165, 1.54) is 28.9 Å². The molecular formula is C21H21F2N7. The van der Waals surface area contributed by atoms with Gasteiger partial charge >= 0.3 is 0 Å². The first-order chi connectivity index (χ1) is 14.4. The van der Waals surface area contributed by atoms with Gasteiger partial charge in [0.2, 0.25) is 5.95 Å². The predicted octanol–water partition coefficient (Wildman–Crippen LogP) is 3.32. The largest absolute Gasteiger partial charge is 0.383 e.